The van der Waals surface area contributed by atoms with Crippen LogP contribution < -0.4 is 4.90 Å². The maximum Gasteiger partial charge on any atom is 0.435 e. The third-order valence-electron chi connectivity index (χ3n) is 2.65. The van der Waals surface area contributed by atoms with Crippen LogP contribution in [0.25, 0.3) is 10.9 Å². The molecule has 6 heteroatoms. The van der Waals surface area contributed by atoms with E-state index in [0.717, 1.165) is 11.8 Å². The molecule has 2 rings (SSSR count). The minimum absolute atomic E-state index is 0.380. The Morgan fingerprint density at radius 2 is 2.21 bits per heavy atom. The molecule has 0 spiro atoms. The Hall–Kier alpha value is -1.75. The smallest absolute Gasteiger partial charge is 0.435 e. The lowest BCUT2D eigenvalue weighted by atomic mass is 10.2. The Labute approximate surface area is 116 Å². The third kappa shape index (κ3) is 2.66. The number of aromatic nitrogens is 2. The van der Waals surface area contributed by atoms with Gasteiger partial charge >= 0.3 is 6.09 Å². The van der Waals surface area contributed by atoms with E-state index < -0.39 is 6.09 Å². The molecule has 0 atom stereocenters. The van der Waals surface area contributed by atoms with Crippen LogP contribution in [-0.2, 0) is 4.74 Å². The van der Waals surface area contributed by atoms with Crippen molar-refractivity contribution in [3.05, 3.63) is 23.2 Å². The van der Waals surface area contributed by atoms with Gasteiger partial charge < -0.3 is 9.64 Å². The van der Waals surface area contributed by atoms with Crippen LogP contribution in [0, 0.1) is 0 Å². The molecule has 0 bridgehead atoms. The average Bonchev–Trinajstić information content (AvgIpc) is 2.74. The van der Waals surface area contributed by atoms with Crippen molar-refractivity contribution in [2.45, 2.75) is 13.3 Å². The summed E-state index contributed by atoms with van der Waals surface area (Å²) in [6, 6.07) is 5.29. The molecule has 0 aliphatic rings. The van der Waals surface area contributed by atoms with Gasteiger partial charge in [-0.25, -0.2) is 4.79 Å². The minimum Gasteiger partial charge on any atom is -0.448 e. The predicted octanol–water partition coefficient (Wildman–Crippen LogP) is 3.15. The number of carbonyl (C=O) groups excluding carboxylic acids is 1. The van der Waals surface area contributed by atoms with Crippen molar-refractivity contribution in [2.75, 3.05) is 25.6 Å². The van der Waals surface area contributed by atoms with Gasteiger partial charge in [-0.3, -0.25) is 0 Å². The lowest BCUT2D eigenvalue weighted by Gasteiger charge is -2.07. The first-order valence-electron chi connectivity index (χ1n) is 6.07. The van der Waals surface area contributed by atoms with Gasteiger partial charge in [0.1, 0.15) is 0 Å². The van der Waals surface area contributed by atoms with Crippen molar-refractivity contribution in [3.63, 3.8) is 0 Å². The third-order valence-corrected chi connectivity index (χ3v) is 2.88. The molecule has 5 nitrogen and oxygen atoms in total. The summed E-state index contributed by atoms with van der Waals surface area (Å²) in [6.07, 6.45) is 0.305. The first kappa shape index (κ1) is 13.7. The number of ether oxygens (including phenoxy) is 1. The maximum atomic E-state index is 12.0. The number of carbonyl (C=O) groups is 1. The Bertz CT molecular complexity index is 607. The van der Waals surface area contributed by atoms with Gasteiger partial charge in [0, 0.05) is 24.5 Å². The topological polar surface area (TPSA) is 47.4 Å². The zero-order valence-electron chi connectivity index (χ0n) is 11.2. The molecule has 1 heterocycles. The van der Waals surface area contributed by atoms with E-state index in [1.807, 2.05) is 25.9 Å². The van der Waals surface area contributed by atoms with E-state index in [-0.39, 0.29) is 0 Å². The second kappa shape index (κ2) is 5.48. The van der Waals surface area contributed by atoms with E-state index >= 15 is 0 Å². The SMILES string of the molecule is CCCOC(=O)n1nc(N(C)C)c2cc(Cl)ccc21. The molecule has 0 fully saturated rings. The van der Waals surface area contributed by atoms with Crippen molar-refractivity contribution in [2.24, 2.45) is 0 Å². The summed E-state index contributed by atoms with van der Waals surface area (Å²) in [6.45, 7) is 2.32. The van der Waals surface area contributed by atoms with Gasteiger partial charge in [0.25, 0.3) is 0 Å². The molecular formula is C13H16ClN3O2. The van der Waals surface area contributed by atoms with Crippen molar-refractivity contribution < 1.29 is 9.53 Å². The monoisotopic (exact) mass is 281 g/mol. The quantitative estimate of drug-likeness (QED) is 0.867. The second-order valence-electron chi connectivity index (χ2n) is 4.41. The predicted molar refractivity (Wildman–Crippen MR) is 76.1 cm³/mol. The van der Waals surface area contributed by atoms with Gasteiger partial charge in [0.2, 0.25) is 0 Å². The van der Waals surface area contributed by atoms with Crippen LogP contribution in [0.1, 0.15) is 13.3 Å². The number of fused-ring (bicyclic) bond motifs is 1. The Kier molecular flexibility index (Phi) is 3.95. The fourth-order valence-electron chi connectivity index (χ4n) is 1.79. The number of rotatable bonds is 3. The highest BCUT2D eigenvalue weighted by molar-refractivity contribution is 6.31. The summed E-state index contributed by atoms with van der Waals surface area (Å²) in [7, 11) is 3.73. The minimum atomic E-state index is -0.470. The molecule has 0 radical (unpaired) electrons. The van der Waals surface area contributed by atoms with E-state index in [9.17, 15) is 4.79 Å². The number of anilines is 1. The summed E-state index contributed by atoms with van der Waals surface area (Å²) in [4.78, 5) is 13.8. The fourth-order valence-corrected chi connectivity index (χ4v) is 1.97. The van der Waals surface area contributed by atoms with Crippen LogP contribution in [0.4, 0.5) is 10.6 Å². The summed E-state index contributed by atoms with van der Waals surface area (Å²) in [5.41, 5.74) is 0.689. The molecule has 0 saturated heterocycles. The van der Waals surface area contributed by atoms with E-state index in [1.165, 1.54) is 4.68 Å². The van der Waals surface area contributed by atoms with Crippen LogP contribution in [-0.4, -0.2) is 36.6 Å². The molecule has 0 saturated carbocycles. The first-order chi connectivity index (χ1) is 9.04. The molecule has 1 aromatic carbocycles. The zero-order valence-corrected chi connectivity index (χ0v) is 11.9. The van der Waals surface area contributed by atoms with Gasteiger partial charge in [0.05, 0.1) is 12.1 Å². The van der Waals surface area contributed by atoms with Gasteiger partial charge in [-0.05, 0) is 24.6 Å². The van der Waals surface area contributed by atoms with Gasteiger partial charge in [0.15, 0.2) is 5.82 Å². The van der Waals surface area contributed by atoms with E-state index in [4.69, 9.17) is 16.3 Å². The molecule has 19 heavy (non-hydrogen) atoms. The van der Waals surface area contributed by atoms with Gasteiger partial charge in [-0.15, -0.1) is 5.10 Å². The molecule has 1 aromatic heterocycles. The number of hydrogen-bond donors (Lipinski definition) is 0. The van der Waals surface area contributed by atoms with E-state index in [0.29, 0.717) is 23.0 Å². The Morgan fingerprint density at radius 3 is 2.84 bits per heavy atom. The highest BCUT2D eigenvalue weighted by Crippen LogP contribution is 2.27. The van der Waals surface area contributed by atoms with Crippen LogP contribution >= 0.6 is 11.6 Å². The van der Waals surface area contributed by atoms with E-state index in [2.05, 4.69) is 5.10 Å². The Morgan fingerprint density at radius 1 is 1.47 bits per heavy atom. The van der Waals surface area contributed by atoms with Crippen molar-refractivity contribution >= 4 is 34.4 Å². The van der Waals surface area contributed by atoms with Crippen LogP contribution in [0.5, 0.6) is 0 Å². The van der Waals surface area contributed by atoms with Crippen LogP contribution in [0.2, 0.25) is 5.02 Å². The highest BCUT2D eigenvalue weighted by Gasteiger charge is 2.17. The summed E-state index contributed by atoms with van der Waals surface area (Å²) < 4.78 is 6.39. The van der Waals surface area contributed by atoms with Crippen LogP contribution in [0.3, 0.4) is 0 Å². The summed E-state index contributed by atoms with van der Waals surface area (Å²) in [5.74, 6) is 0.686. The maximum absolute atomic E-state index is 12.0. The van der Waals surface area contributed by atoms with Crippen molar-refractivity contribution in [1.29, 1.82) is 0 Å². The van der Waals surface area contributed by atoms with Crippen LogP contribution in [0.15, 0.2) is 18.2 Å². The molecule has 2 aromatic rings. The highest BCUT2D eigenvalue weighted by atomic mass is 35.5. The lowest BCUT2D eigenvalue weighted by molar-refractivity contribution is 0.146. The molecule has 0 aliphatic heterocycles. The largest absolute Gasteiger partial charge is 0.448 e. The molecule has 0 unspecified atom stereocenters. The van der Waals surface area contributed by atoms with E-state index in [1.54, 1.807) is 18.2 Å². The standard InChI is InChI=1S/C13H16ClN3O2/c1-4-7-19-13(18)17-11-6-5-9(14)8-10(11)12(15-17)16(2)3/h5-6,8H,4,7H2,1-3H3. The Balaban J connectivity index is 2.53. The fraction of sp³-hybridized carbons (Fsp3) is 0.385. The first-order valence-corrected chi connectivity index (χ1v) is 6.45. The number of hydrogen-bond acceptors (Lipinski definition) is 4. The average molecular weight is 282 g/mol. The van der Waals surface area contributed by atoms with Crippen molar-refractivity contribution in [3.8, 4) is 0 Å². The number of nitrogens with zero attached hydrogens (tertiary/aromatic N) is 3. The molecule has 0 aliphatic carbocycles. The van der Waals surface area contributed by atoms with Crippen molar-refractivity contribution in [1.82, 2.24) is 9.78 Å². The second-order valence-corrected chi connectivity index (χ2v) is 4.84. The molecule has 102 valence electrons. The molecule has 0 amide bonds. The summed E-state index contributed by atoms with van der Waals surface area (Å²) in [5, 5.41) is 5.73. The molecular weight excluding hydrogens is 266 g/mol. The lowest BCUT2D eigenvalue weighted by Crippen LogP contribution is -2.17. The summed E-state index contributed by atoms with van der Waals surface area (Å²) >= 11 is 6.00. The van der Waals surface area contributed by atoms with Gasteiger partial charge in [-0.1, -0.05) is 18.5 Å². The number of benzene rings is 1. The normalized spacial score (nSPS) is 10.7. The zero-order chi connectivity index (χ0) is 14.0. The van der Waals surface area contributed by atoms with Gasteiger partial charge in [-0.2, -0.15) is 4.68 Å². The number of halogens is 1. The molecule has 0 N–H and O–H groups in total.